The van der Waals surface area contributed by atoms with Crippen LogP contribution in [-0.4, -0.2) is 29.0 Å². The number of para-hydroxylation sites is 1. The second-order valence-electron chi connectivity index (χ2n) is 6.08. The van der Waals surface area contributed by atoms with Gasteiger partial charge in [-0.25, -0.2) is 4.98 Å². The van der Waals surface area contributed by atoms with Crippen molar-refractivity contribution in [2.75, 3.05) is 13.7 Å². The summed E-state index contributed by atoms with van der Waals surface area (Å²) in [5.74, 6) is 1.22. The van der Waals surface area contributed by atoms with Gasteiger partial charge in [0.05, 0.1) is 25.3 Å². The molecule has 0 spiro atoms. The number of carbonyl (C=O) groups is 1. The van der Waals surface area contributed by atoms with Gasteiger partial charge in [-0.3, -0.25) is 4.79 Å². The van der Waals surface area contributed by atoms with Gasteiger partial charge in [-0.1, -0.05) is 18.2 Å². The zero-order valence-corrected chi connectivity index (χ0v) is 13.9. The van der Waals surface area contributed by atoms with E-state index in [1.165, 1.54) is 0 Å². The number of ether oxygens (including phenoxy) is 2. The van der Waals surface area contributed by atoms with Crippen molar-refractivity contribution in [3.8, 4) is 11.5 Å². The predicted octanol–water partition coefficient (Wildman–Crippen LogP) is 2.21. The van der Waals surface area contributed by atoms with Crippen molar-refractivity contribution in [2.24, 2.45) is 5.92 Å². The number of pyridine rings is 1. The highest BCUT2D eigenvalue weighted by molar-refractivity contribution is 5.79. The van der Waals surface area contributed by atoms with Gasteiger partial charge in [-0.05, 0) is 30.2 Å². The van der Waals surface area contributed by atoms with Gasteiger partial charge < -0.3 is 19.2 Å². The molecule has 0 saturated carbocycles. The van der Waals surface area contributed by atoms with Crippen molar-refractivity contribution in [2.45, 2.75) is 13.0 Å². The topological polar surface area (TPSA) is 64.9 Å². The van der Waals surface area contributed by atoms with Crippen molar-refractivity contribution < 1.29 is 14.3 Å². The van der Waals surface area contributed by atoms with Crippen LogP contribution in [0.5, 0.6) is 11.5 Å². The van der Waals surface area contributed by atoms with E-state index < -0.39 is 0 Å². The molecule has 1 amide bonds. The van der Waals surface area contributed by atoms with E-state index >= 15 is 0 Å². The molecule has 3 aromatic rings. The molecule has 0 bridgehead atoms. The minimum Gasteiger partial charge on any atom is -0.493 e. The fourth-order valence-corrected chi connectivity index (χ4v) is 3.12. The summed E-state index contributed by atoms with van der Waals surface area (Å²) in [5, 5.41) is 2.96. The van der Waals surface area contributed by atoms with E-state index in [1.54, 1.807) is 7.11 Å². The monoisotopic (exact) mass is 337 g/mol. The summed E-state index contributed by atoms with van der Waals surface area (Å²) in [6.45, 7) is 0.756. The highest BCUT2D eigenvalue weighted by Gasteiger charge is 2.27. The molecule has 0 aliphatic carbocycles. The molecule has 3 heterocycles. The van der Waals surface area contributed by atoms with Gasteiger partial charge in [-0.2, -0.15) is 0 Å². The van der Waals surface area contributed by atoms with E-state index in [2.05, 4.69) is 10.3 Å². The average Bonchev–Trinajstić information content (AvgIpc) is 3.08. The smallest absolute Gasteiger partial charge is 0.227 e. The van der Waals surface area contributed by atoms with Gasteiger partial charge >= 0.3 is 0 Å². The van der Waals surface area contributed by atoms with E-state index in [1.807, 2.05) is 53.2 Å². The molecule has 1 atom stereocenters. The van der Waals surface area contributed by atoms with Gasteiger partial charge in [-0.15, -0.1) is 0 Å². The Morgan fingerprint density at radius 1 is 1.36 bits per heavy atom. The second kappa shape index (κ2) is 6.47. The third-order valence-corrected chi connectivity index (χ3v) is 4.40. The molecule has 0 radical (unpaired) electrons. The van der Waals surface area contributed by atoms with E-state index in [-0.39, 0.29) is 11.8 Å². The van der Waals surface area contributed by atoms with E-state index in [9.17, 15) is 4.79 Å². The highest BCUT2D eigenvalue weighted by atomic mass is 16.5. The summed E-state index contributed by atoms with van der Waals surface area (Å²) < 4.78 is 13.0. The van der Waals surface area contributed by atoms with E-state index in [0.29, 0.717) is 25.3 Å². The van der Waals surface area contributed by atoms with Crippen molar-refractivity contribution in [1.82, 2.24) is 14.7 Å². The van der Waals surface area contributed by atoms with Crippen molar-refractivity contribution in [1.29, 1.82) is 0 Å². The minimum absolute atomic E-state index is 0.0227. The van der Waals surface area contributed by atoms with Gasteiger partial charge in [0.15, 0.2) is 11.5 Å². The third kappa shape index (κ3) is 3.03. The lowest BCUT2D eigenvalue weighted by atomic mass is 9.95. The van der Waals surface area contributed by atoms with Crippen molar-refractivity contribution >= 4 is 11.6 Å². The molecule has 1 N–H and O–H groups in total. The molecule has 25 heavy (non-hydrogen) atoms. The summed E-state index contributed by atoms with van der Waals surface area (Å²) in [5.41, 5.74) is 2.70. The Labute approximate surface area is 145 Å². The minimum atomic E-state index is -0.211. The average molecular weight is 337 g/mol. The van der Waals surface area contributed by atoms with Crippen molar-refractivity contribution in [3.05, 3.63) is 60.0 Å². The highest BCUT2D eigenvalue weighted by Crippen LogP contribution is 2.36. The molecule has 6 nitrogen and oxygen atoms in total. The largest absolute Gasteiger partial charge is 0.493 e. The Morgan fingerprint density at radius 2 is 2.28 bits per heavy atom. The first-order chi connectivity index (χ1) is 12.2. The number of carbonyl (C=O) groups excluding carboxylic acids is 1. The SMILES string of the molecule is COc1cccc2c1OC[C@H](C(=O)NCc1cn3ccccc3n1)C2. The van der Waals surface area contributed by atoms with Crippen LogP contribution >= 0.6 is 0 Å². The fourth-order valence-electron chi connectivity index (χ4n) is 3.12. The lowest BCUT2D eigenvalue weighted by Crippen LogP contribution is -2.37. The number of benzene rings is 1. The van der Waals surface area contributed by atoms with Crippen LogP contribution in [0.4, 0.5) is 0 Å². The molecule has 4 rings (SSSR count). The maximum absolute atomic E-state index is 12.5. The summed E-state index contributed by atoms with van der Waals surface area (Å²) in [4.78, 5) is 17.0. The first-order valence-corrected chi connectivity index (χ1v) is 8.23. The van der Waals surface area contributed by atoms with Gasteiger partial charge in [0.2, 0.25) is 5.91 Å². The fraction of sp³-hybridized carbons (Fsp3) is 0.263. The summed E-state index contributed by atoms with van der Waals surface area (Å²) in [7, 11) is 1.62. The number of methoxy groups -OCH3 is 1. The Balaban J connectivity index is 1.41. The summed E-state index contributed by atoms with van der Waals surface area (Å²) in [6.07, 6.45) is 4.50. The molecule has 0 saturated heterocycles. The maximum atomic E-state index is 12.5. The van der Waals surface area contributed by atoms with Gasteiger partial charge in [0.1, 0.15) is 12.3 Å². The van der Waals surface area contributed by atoms with Crippen LogP contribution in [0.1, 0.15) is 11.3 Å². The molecule has 0 fully saturated rings. The Bertz CT molecular complexity index is 886. The second-order valence-corrected chi connectivity index (χ2v) is 6.08. The standard InChI is InChI=1S/C19H19N3O3/c1-24-16-6-4-5-13-9-14(12-25-18(13)16)19(23)20-10-15-11-22-8-3-2-7-17(22)21-15/h2-8,11,14H,9-10,12H2,1H3,(H,20,23)/t14-/m1/s1. The van der Waals surface area contributed by atoms with Gasteiger partial charge in [0, 0.05) is 12.4 Å². The number of fused-ring (bicyclic) bond motifs is 2. The van der Waals surface area contributed by atoms with Crippen LogP contribution in [0.3, 0.4) is 0 Å². The van der Waals surface area contributed by atoms with E-state index in [4.69, 9.17) is 9.47 Å². The van der Waals surface area contributed by atoms with Crippen molar-refractivity contribution in [3.63, 3.8) is 0 Å². The quantitative estimate of drug-likeness (QED) is 0.793. The number of hydrogen-bond donors (Lipinski definition) is 1. The zero-order valence-electron chi connectivity index (χ0n) is 13.9. The zero-order chi connectivity index (χ0) is 17.2. The number of imidazole rings is 1. The maximum Gasteiger partial charge on any atom is 0.227 e. The number of rotatable bonds is 4. The van der Waals surface area contributed by atoms with Crippen LogP contribution < -0.4 is 14.8 Å². The Hall–Kier alpha value is -3.02. The number of amides is 1. The molecule has 1 aromatic carbocycles. The number of hydrogen-bond acceptors (Lipinski definition) is 4. The molecule has 6 heteroatoms. The molecular formula is C19H19N3O3. The Morgan fingerprint density at radius 3 is 3.12 bits per heavy atom. The van der Waals surface area contributed by atoms with Crippen LogP contribution in [0.2, 0.25) is 0 Å². The van der Waals surface area contributed by atoms with E-state index in [0.717, 1.165) is 22.7 Å². The Kier molecular flexibility index (Phi) is 4.01. The van der Waals surface area contributed by atoms with Crippen LogP contribution in [0.25, 0.3) is 5.65 Å². The lowest BCUT2D eigenvalue weighted by Gasteiger charge is -2.25. The number of nitrogens with one attached hydrogen (secondary N) is 1. The van der Waals surface area contributed by atoms with Crippen LogP contribution in [-0.2, 0) is 17.8 Å². The molecular weight excluding hydrogens is 318 g/mol. The third-order valence-electron chi connectivity index (χ3n) is 4.40. The van der Waals surface area contributed by atoms with Crippen LogP contribution in [0, 0.1) is 5.92 Å². The molecule has 1 aliphatic heterocycles. The molecule has 0 unspecified atom stereocenters. The molecule has 128 valence electrons. The summed E-state index contributed by atoms with van der Waals surface area (Å²) >= 11 is 0. The normalized spacial score (nSPS) is 16.1. The predicted molar refractivity (Wildman–Crippen MR) is 92.7 cm³/mol. The van der Waals surface area contributed by atoms with Gasteiger partial charge in [0.25, 0.3) is 0 Å². The number of nitrogens with zero attached hydrogens (tertiary/aromatic N) is 2. The first kappa shape index (κ1) is 15.5. The van der Waals surface area contributed by atoms with Crippen LogP contribution in [0.15, 0.2) is 48.8 Å². The molecule has 2 aromatic heterocycles. The number of aromatic nitrogens is 2. The first-order valence-electron chi connectivity index (χ1n) is 8.23. The summed E-state index contributed by atoms with van der Waals surface area (Å²) in [6, 6.07) is 11.6. The molecule has 1 aliphatic rings. The lowest BCUT2D eigenvalue weighted by molar-refractivity contribution is -0.126.